The molecule has 0 radical (unpaired) electrons. The predicted molar refractivity (Wildman–Crippen MR) is 135 cm³/mol. The van der Waals surface area contributed by atoms with Crippen molar-refractivity contribution in [1.29, 1.82) is 0 Å². The molecule has 1 aliphatic rings. The summed E-state index contributed by atoms with van der Waals surface area (Å²) in [6, 6.07) is 11.4. The van der Waals surface area contributed by atoms with Gasteiger partial charge in [-0.05, 0) is 42.5 Å². The maximum atomic E-state index is 13.5. The first-order chi connectivity index (χ1) is 16.8. The summed E-state index contributed by atoms with van der Waals surface area (Å²) in [5.41, 5.74) is 1.46. The molecule has 1 aromatic heterocycles. The molecule has 2 heterocycles. The lowest BCUT2D eigenvalue weighted by molar-refractivity contribution is -0.384. The minimum Gasteiger partial charge on any atom is -0.376 e. The van der Waals surface area contributed by atoms with E-state index in [2.05, 4.69) is 5.32 Å². The second kappa shape index (κ2) is 11.0. The smallest absolute Gasteiger partial charge is 0.269 e. The molecule has 2 aromatic carbocycles. The van der Waals surface area contributed by atoms with E-state index in [1.54, 1.807) is 34.9 Å². The number of thioether (sulfide) groups is 1. The van der Waals surface area contributed by atoms with Crippen molar-refractivity contribution in [2.24, 2.45) is 5.92 Å². The van der Waals surface area contributed by atoms with Crippen LogP contribution in [0.25, 0.3) is 10.9 Å². The molecule has 184 valence electrons. The number of hydrogen-bond acceptors (Lipinski definition) is 7. The molecule has 3 aromatic rings. The summed E-state index contributed by atoms with van der Waals surface area (Å²) in [6.07, 6.45) is 1.75. The summed E-state index contributed by atoms with van der Waals surface area (Å²) in [4.78, 5) is 41.5. The van der Waals surface area contributed by atoms with Gasteiger partial charge in [-0.2, -0.15) is 0 Å². The first-order valence-corrected chi connectivity index (χ1v) is 12.6. The number of carbonyl (C=O) groups is 1. The number of rotatable bonds is 9. The molecule has 10 heteroatoms. The third kappa shape index (κ3) is 6.07. The Morgan fingerprint density at radius 3 is 2.86 bits per heavy atom. The number of non-ortho nitro benzene ring substituents is 1. The number of nitrogens with zero attached hydrogens (tertiary/aromatic N) is 3. The summed E-state index contributed by atoms with van der Waals surface area (Å²) in [7, 11) is 0. The van der Waals surface area contributed by atoms with Crippen molar-refractivity contribution in [3.05, 3.63) is 74.1 Å². The number of benzene rings is 2. The highest BCUT2D eigenvalue weighted by atomic mass is 32.2. The lowest BCUT2D eigenvalue weighted by atomic mass is 10.1. The number of nitro benzene ring substituents is 1. The number of hydrogen-bond donors (Lipinski definition) is 1. The first kappa shape index (κ1) is 24.9. The van der Waals surface area contributed by atoms with E-state index in [1.165, 1.54) is 23.9 Å². The minimum absolute atomic E-state index is 0.0170. The third-order valence-electron chi connectivity index (χ3n) is 5.75. The summed E-state index contributed by atoms with van der Waals surface area (Å²) in [5, 5.41) is 14.9. The van der Waals surface area contributed by atoms with E-state index in [0.717, 1.165) is 18.4 Å². The number of nitro groups is 1. The maximum absolute atomic E-state index is 13.5. The van der Waals surface area contributed by atoms with E-state index in [1.807, 2.05) is 13.8 Å². The maximum Gasteiger partial charge on any atom is 0.269 e. The number of amides is 1. The van der Waals surface area contributed by atoms with Gasteiger partial charge in [-0.1, -0.05) is 37.7 Å². The zero-order valence-corrected chi connectivity index (χ0v) is 20.5. The van der Waals surface area contributed by atoms with Crippen molar-refractivity contribution in [1.82, 2.24) is 14.9 Å². The molecule has 35 heavy (non-hydrogen) atoms. The van der Waals surface area contributed by atoms with E-state index in [4.69, 9.17) is 9.72 Å². The second-order valence-electron chi connectivity index (χ2n) is 9.00. The van der Waals surface area contributed by atoms with Gasteiger partial charge in [0.1, 0.15) is 0 Å². The minimum atomic E-state index is -0.429. The number of aromatic nitrogens is 2. The molecule has 4 rings (SSSR count). The molecule has 9 nitrogen and oxygen atoms in total. The lowest BCUT2D eigenvalue weighted by Crippen LogP contribution is -2.29. The molecule has 1 atom stereocenters. The van der Waals surface area contributed by atoms with Crippen LogP contribution < -0.4 is 10.9 Å². The quantitative estimate of drug-likeness (QED) is 0.205. The van der Waals surface area contributed by atoms with Crippen LogP contribution in [0.2, 0.25) is 0 Å². The van der Waals surface area contributed by atoms with E-state index in [-0.39, 0.29) is 23.3 Å². The zero-order chi connectivity index (χ0) is 24.9. The van der Waals surface area contributed by atoms with Crippen LogP contribution in [-0.4, -0.2) is 39.6 Å². The highest BCUT2D eigenvalue weighted by molar-refractivity contribution is 7.98. The fraction of sp³-hybridized carbons (Fsp3) is 0.400. The molecule has 1 fully saturated rings. The van der Waals surface area contributed by atoms with Crippen molar-refractivity contribution in [3.63, 3.8) is 0 Å². The fourth-order valence-electron chi connectivity index (χ4n) is 3.91. The van der Waals surface area contributed by atoms with Crippen LogP contribution >= 0.6 is 11.8 Å². The zero-order valence-electron chi connectivity index (χ0n) is 19.7. The van der Waals surface area contributed by atoms with Gasteiger partial charge in [0.15, 0.2) is 5.16 Å². The van der Waals surface area contributed by atoms with E-state index >= 15 is 0 Å². The normalized spacial score (nSPS) is 15.6. The van der Waals surface area contributed by atoms with Crippen LogP contribution in [0.1, 0.15) is 42.6 Å². The molecule has 1 aliphatic heterocycles. The van der Waals surface area contributed by atoms with Crippen molar-refractivity contribution in [2.45, 2.75) is 50.2 Å². The van der Waals surface area contributed by atoms with Crippen molar-refractivity contribution < 1.29 is 14.5 Å². The third-order valence-corrected chi connectivity index (χ3v) is 6.80. The standard InChI is InChI=1S/C25H28N4O5S/c1-16(2)13-26-23(30)18-8-9-21-22(12-18)27-25(28(24(21)31)14-20-7-4-10-34-20)35-15-17-5-3-6-19(11-17)29(32)33/h3,5-6,8-9,11-12,16,20H,4,7,10,13-15H2,1-2H3,(H,26,30). The van der Waals surface area contributed by atoms with E-state index in [9.17, 15) is 19.7 Å². The van der Waals surface area contributed by atoms with Gasteiger partial charge in [0.05, 0.1) is 28.5 Å². The first-order valence-electron chi connectivity index (χ1n) is 11.6. The van der Waals surface area contributed by atoms with Crippen LogP contribution in [0.15, 0.2) is 52.4 Å². The number of fused-ring (bicyclic) bond motifs is 1. The molecule has 0 aliphatic carbocycles. The Kier molecular flexibility index (Phi) is 7.82. The van der Waals surface area contributed by atoms with Gasteiger partial charge in [-0.15, -0.1) is 0 Å². The monoisotopic (exact) mass is 496 g/mol. The Morgan fingerprint density at radius 1 is 1.31 bits per heavy atom. The summed E-state index contributed by atoms with van der Waals surface area (Å²) in [5.74, 6) is 0.510. The number of carbonyl (C=O) groups excluding carboxylic acids is 1. The van der Waals surface area contributed by atoms with Gasteiger partial charge >= 0.3 is 0 Å². The van der Waals surface area contributed by atoms with Gasteiger partial charge in [0.2, 0.25) is 0 Å². The van der Waals surface area contributed by atoms with Gasteiger partial charge in [0, 0.05) is 36.6 Å². The largest absolute Gasteiger partial charge is 0.376 e. The SMILES string of the molecule is CC(C)CNC(=O)c1ccc2c(=O)n(CC3CCCO3)c(SCc3cccc([N+](=O)[O-])c3)nc2c1. The predicted octanol–water partition coefficient (Wildman–Crippen LogP) is 4.16. The lowest BCUT2D eigenvalue weighted by Gasteiger charge is -2.17. The molecule has 1 saturated heterocycles. The van der Waals surface area contributed by atoms with E-state index in [0.29, 0.717) is 53.0 Å². The van der Waals surface area contributed by atoms with Gasteiger partial charge in [-0.25, -0.2) is 4.98 Å². The Bertz CT molecular complexity index is 1300. The van der Waals surface area contributed by atoms with Gasteiger partial charge in [-0.3, -0.25) is 24.3 Å². The van der Waals surface area contributed by atoms with Crippen LogP contribution in [0.5, 0.6) is 0 Å². The van der Waals surface area contributed by atoms with E-state index < -0.39 is 4.92 Å². The summed E-state index contributed by atoms with van der Waals surface area (Å²) in [6.45, 7) is 5.64. The van der Waals surface area contributed by atoms with Gasteiger partial charge in [0.25, 0.3) is 17.2 Å². The van der Waals surface area contributed by atoms with Crippen molar-refractivity contribution >= 4 is 34.3 Å². The fourth-order valence-corrected chi connectivity index (χ4v) is 4.86. The Hall–Kier alpha value is -3.24. The molecule has 1 N–H and O–H groups in total. The number of nitrogens with one attached hydrogen (secondary N) is 1. The van der Waals surface area contributed by atoms with Crippen molar-refractivity contribution in [3.8, 4) is 0 Å². The molecule has 1 unspecified atom stereocenters. The molecule has 0 bridgehead atoms. The second-order valence-corrected chi connectivity index (χ2v) is 9.94. The van der Waals surface area contributed by atoms with Crippen LogP contribution in [0.4, 0.5) is 5.69 Å². The summed E-state index contributed by atoms with van der Waals surface area (Å²) >= 11 is 1.33. The van der Waals surface area contributed by atoms with Crippen LogP contribution in [-0.2, 0) is 17.0 Å². The van der Waals surface area contributed by atoms with Gasteiger partial charge < -0.3 is 10.1 Å². The summed E-state index contributed by atoms with van der Waals surface area (Å²) < 4.78 is 7.38. The number of ether oxygens (including phenoxy) is 1. The molecular weight excluding hydrogens is 468 g/mol. The highest BCUT2D eigenvalue weighted by Gasteiger charge is 2.21. The topological polar surface area (TPSA) is 116 Å². The van der Waals surface area contributed by atoms with Crippen LogP contribution in [0.3, 0.4) is 0 Å². The highest BCUT2D eigenvalue weighted by Crippen LogP contribution is 2.26. The van der Waals surface area contributed by atoms with Crippen molar-refractivity contribution in [2.75, 3.05) is 13.2 Å². The Morgan fingerprint density at radius 2 is 2.14 bits per heavy atom. The average Bonchev–Trinajstić information content (AvgIpc) is 3.36. The molecule has 0 spiro atoms. The molecular formula is C25H28N4O5S. The average molecular weight is 497 g/mol. The Labute approximate surface area is 207 Å². The van der Waals surface area contributed by atoms with Crippen LogP contribution in [0, 0.1) is 16.0 Å². The molecule has 0 saturated carbocycles. The Balaban J connectivity index is 1.68. The molecule has 1 amide bonds.